The normalized spacial score (nSPS) is 27.8. The molecular weight excluding hydrogens is 220 g/mol. The van der Waals surface area contributed by atoms with E-state index in [1.165, 1.54) is 0 Å². The van der Waals surface area contributed by atoms with Crippen LogP contribution in [0.4, 0.5) is 0 Å². The largest absolute Gasteiger partial charge is 0.465 e. The van der Waals surface area contributed by atoms with Gasteiger partial charge in [0, 0.05) is 6.42 Å². The molecule has 0 saturated carbocycles. The Bertz CT molecular complexity index is 268. The molecule has 0 aromatic rings. The van der Waals surface area contributed by atoms with E-state index >= 15 is 0 Å². The minimum atomic E-state index is -1.77. The van der Waals surface area contributed by atoms with Gasteiger partial charge >= 0.3 is 5.97 Å². The van der Waals surface area contributed by atoms with E-state index in [1.54, 1.807) is 0 Å². The van der Waals surface area contributed by atoms with Gasteiger partial charge in [0.05, 0.1) is 18.6 Å². The van der Waals surface area contributed by atoms with E-state index in [1.807, 2.05) is 6.92 Å². The third-order valence-electron chi connectivity index (χ3n) is 3.83. The van der Waals surface area contributed by atoms with Gasteiger partial charge in [-0.05, 0) is 25.1 Å². The highest BCUT2D eigenvalue weighted by atomic mass is 28.4. The second-order valence-electron chi connectivity index (χ2n) is 6.16. The fraction of sp³-hybridized carbons (Fsp3) is 0.917. The average Bonchev–Trinajstić information content (AvgIpc) is 2.11. The molecule has 94 valence electrons. The van der Waals surface area contributed by atoms with E-state index in [9.17, 15) is 4.79 Å². The number of rotatable bonds is 2. The van der Waals surface area contributed by atoms with E-state index in [0.29, 0.717) is 6.61 Å². The molecule has 0 spiro atoms. The summed E-state index contributed by atoms with van der Waals surface area (Å²) in [5, 5.41) is 0.189. The maximum absolute atomic E-state index is 11.5. The van der Waals surface area contributed by atoms with Crippen molar-refractivity contribution in [2.24, 2.45) is 5.92 Å². The first-order chi connectivity index (χ1) is 7.15. The van der Waals surface area contributed by atoms with Gasteiger partial charge in [0.25, 0.3) is 0 Å². The van der Waals surface area contributed by atoms with Gasteiger partial charge in [-0.2, -0.15) is 0 Å². The van der Waals surface area contributed by atoms with E-state index < -0.39 is 8.32 Å². The maximum Gasteiger partial charge on any atom is 0.311 e. The van der Waals surface area contributed by atoms with Crippen LogP contribution in [0.1, 0.15) is 34.1 Å². The number of ether oxygens (including phenoxy) is 1. The van der Waals surface area contributed by atoms with Crippen LogP contribution in [0.25, 0.3) is 0 Å². The van der Waals surface area contributed by atoms with Gasteiger partial charge in [-0.15, -0.1) is 0 Å². The third-order valence-corrected chi connectivity index (χ3v) is 8.33. The topological polar surface area (TPSA) is 35.5 Å². The number of hydrogen-bond donors (Lipinski definition) is 0. The molecule has 0 bridgehead atoms. The highest BCUT2D eigenvalue weighted by Crippen LogP contribution is 2.39. The average molecular weight is 244 g/mol. The molecule has 4 heteroatoms. The van der Waals surface area contributed by atoms with Gasteiger partial charge in [-0.1, -0.05) is 20.8 Å². The van der Waals surface area contributed by atoms with Crippen LogP contribution in [0.3, 0.4) is 0 Å². The van der Waals surface area contributed by atoms with Crippen LogP contribution < -0.4 is 0 Å². The van der Waals surface area contributed by atoms with Crippen LogP contribution in [-0.2, 0) is 14.0 Å². The summed E-state index contributed by atoms with van der Waals surface area (Å²) >= 11 is 0. The van der Waals surface area contributed by atoms with E-state index in [0.717, 1.165) is 6.42 Å². The van der Waals surface area contributed by atoms with Gasteiger partial charge in [0.2, 0.25) is 0 Å². The number of carbonyl (C=O) groups excluding carboxylic acids is 1. The van der Waals surface area contributed by atoms with Crippen LogP contribution in [0, 0.1) is 5.92 Å². The molecule has 0 aromatic carbocycles. The smallest absolute Gasteiger partial charge is 0.311 e. The number of cyclic esters (lactones) is 1. The first-order valence-electron chi connectivity index (χ1n) is 5.99. The van der Waals surface area contributed by atoms with Crippen LogP contribution in [0.2, 0.25) is 18.1 Å². The van der Waals surface area contributed by atoms with Crippen molar-refractivity contribution in [3.63, 3.8) is 0 Å². The number of esters is 1. The van der Waals surface area contributed by atoms with Crippen molar-refractivity contribution in [2.75, 3.05) is 6.61 Å². The van der Waals surface area contributed by atoms with Crippen molar-refractivity contribution in [1.82, 2.24) is 0 Å². The molecule has 0 radical (unpaired) electrons. The predicted octanol–water partition coefficient (Wildman–Crippen LogP) is 2.96. The van der Waals surface area contributed by atoms with Gasteiger partial charge in [0.1, 0.15) is 0 Å². The molecule has 0 aliphatic carbocycles. The number of carbonyl (C=O) groups is 1. The monoisotopic (exact) mass is 244 g/mol. The summed E-state index contributed by atoms with van der Waals surface area (Å²) in [6.45, 7) is 13.5. The first kappa shape index (κ1) is 13.7. The summed E-state index contributed by atoms with van der Waals surface area (Å²) in [6, 6.07) is 0. The highest BCUT2D eigenvalue weighted by Gasteiger charge is 2.42. The fourth-order valence-corrected chi connectivity index (χ4v) is 2.96. The Morgan fingerprint density at radius 3 is 2.44 bits per heavy atom. The standard InChI is InChI=1S/C12H24O3Si/c1-9-10(7-8-14-11(9)13)15-16(5,6)12(2,3)4/h9-10H,7-8H2,1-6H3/t9-,10+/m1/s1. The second kappa shape index (κ2) is 4.49. The lowest BCUT2D eigenvalue weighted by Crippen LogP contribution is -2.48. The zero-order valence-corrected chi connectivity index (χ0v) is 12.3. The zero-order chi connectivity index (χ0) is 12.6. The highest BCUT2D eigenvalue weighted by molar-refractivity contribution is 6.74. The molecule has 1 rings (SSSR count). The van der Waals surface area contributed by atoms with Crippen LogP contribution in [0.5, 0.6) is 0 Å². The van der Waals surface area contributed by atoms with Gasteiger partial charge in [-0.25, -0.2) is 0 Å². The summed E-state index contributed by atoms with van der Waals surface area (Å²) in [7, 11) is -1.77. The molecule has 0 amide bonds. The van der Waals surface area contributed by atoms with Crippen molar-refractivity contribution in [1.29, 1.82) is 0 Å². The Morgan fingerprint density at radius 1 is 1.38 bits per heavy atom. The zero-order valence-electron chi connectivity index (χ0n) is 11.3. The van der Waals surface area contributed by atoms with Crippen molar-refractivity contribution in [3.05, 3.63) is 0 Å². The third kappa shape index (κ3) is 2.86. The molecule has 1 heterocycles. The molecule has 0 aromatic heterocycles. The predicted molar refractivity (Wildman–Crippen MR) is 66.8 cm³/mol. The lowest BCUT2D eigenvalue weighted by Gasteiger charge is -2.41. The summed E-state index contributed by atoms with van der Waals surface area (Å²) < 4.78 is 11.3. The minimum Gasteiger partial charge on any atom is -0.465 e. The van der Waals surface area contributed by atoms with Crippen LogP contribution >= 0.6 is 0 Å². The molecular formula is C12H24O3Si. The summed E-state index contributed by atoms with van der Waals surface area (Å²) in [5.74, 6) is -0.238. The molecule has 1 saturated heterocycles. The Labute approximate surface area is 99.6 Å². The lowest BCUT2D eigenvalue weighted by molar-refractivity contribution is -0.158. The van der Waals surface area contributed by atoms with Crippen molar-refractivity contribution in [3.8, 4) is 0 Å². The molecule has 0 unspecified atom stereocenters. The Balaban J connectivity index is 2.70. The Kier molecular flexibility index (Phi) is 3.85. The fourth-order valence-electron chi connectivity index (χ4n) is 1.53. The molecule has 0 N–H and O–H groups in total. The SMILES string of the molecule is C[C@H]1C(=O)OCC[C@@H]1O[Si](C)(C)C(C)(C)C. The summed E-state index contributed by atoms with van der Waals surface area (Å²) in [5.41, 5.74) is 0. The van der Waals surface area contributed by atoms with Crippen molar-refractivity contribution < 1.29 is 14.0 Å². The van der Waals surface area contributed by atoms with Gasteiger partial charge in [0.15, 0.2) is 8.32 Å². The maximum atomic E-state index is 11.5. The summed E-state index contributed by atoms with van der Waals surface area (Å²) in [6.07, 6.45) is 0.876. The minimum absolute atomic E-state index is 0.0436. The Hall–Kier alpha value is -0.353. The quantitative estimate of drug-likeness (QED) is 0.553. The molecule has 2 atom stereocenters. The molecule has 3 nitrogen and oxygen atoms in total. The number of hydrogen-bond acceptors (Lipinski definition) is 3. The Morgan fingerprint density at radius 2 is 1.94 bits per heavy atom. The van der Waals surface area contributed by atoms with Crippen molar-refractivity contribution in [2.45, 2.75) is 58.4 Å². The van der Waals surface area contributed by atoms with Gasteiger partial charge in [-0.3, -0.25) is 4.79 Å². The van der Waals surface area contributed by atoms with Crippen LogP contribution in [0.15, 0.2) is 0 Å². The molecule has 1 aliphatic rings. The van der Waals surface area contributed by atoms with Crippen molar-refractivity contribution >= 4 is 14.3 Å². The van der Waals surface area contributed by atoms with Gasteiger partial charge < -0.3 is 9.16 Å². The van der Waals surface area contributed by atoms with E-state index in [4.69, 9.17) is 9.16 Å². The van der Waals surface area contributed by atoms with E-state index in [-0.39, 0.29) is 23.0 Å². The first-order valence-corrected chi connectivity index (χ1v) is 8.90. The lowest BCUT2D eigenvalue weighted by atomic mass is 10.0. The summed E-state index contributed by atoms with van der Waals surface area (Å²) in [4.78, 5) is 11.5. The second-order valence-corrected chi connectivity index (χ2v) is 10.9. The molecule has 1 aliphatic heterocycles. The van der Waals surface area contributed by atoms with Crippen LogP contribution in [-0.4, -0.2) is 27.0 Å². The molecule has 16 heavy (non-hydrogen) atoms. The molecule has 1 fully saturated rings. The van der Waals surface area contributed by atoms with E-state index in [2.05, 4.69) is 33.9 Å².